The van der Waals surface area contributed by atoms with Gasteiger partial charge in [-0.2, -0.15) is 0 Å². The fourth-order valence-electron chi connectivity index (χ4n) is 1.29. The number of aromatic amines is 1. The fourth-order valence-corrected chi connectivity index (χ4v) is 1.29. The Bertz CT molecular complexity index is 490. The van der Waals surface area contributed by atoms with Crippen LogP contribution in [0.2, 0.25) is 0 Å². The maximum atomic E-state index is 11.4. The van der Waals surface area contributed by atoms with Crippen LogP contribution in [0.4, 0.5) is 0 Å². The highest BCUT2D eigenvalue weighted by molar-refractivity contribution is 6.04. The third kappa shape index (κ3) is 2.18. The molecule has 1 amide bonds. The Hall–Kier alpha value is -1.91. The van der Waals surface area contributed by atoms with E-state index >= 15 is 0 Å². The van der Waals surface area contributed by atoms with Gasteiger partial charge in [-0.15, -0.1) is 0 Å². The lowest BCUT2D eigenvalue weighted by Crippen LogP contribution is -2.17. The number of H-pyrrole nitrogens is 1. The third-order valence-electron chi connectivity index (χ3n) is 1.97. The van der Waals surface area contributed by atoms with E-state index in [4.69, 9.17) is 0 Å². The van der Waals surface area contributed by atoms with E-state index < -0.39 is 0 Å². The lowest BCUT2D eigenvalue weighted by atomic mass is 10.3. The number of fused-ring (bicyclic) bond motifs is 1. The van der Waals surface area contributed by atoms with Crippen molar-refractivity contribution in [1.82, 2.24) is 20.3 Å². The summed E-state index contributed by atoms with van der Waals surface area (Å²) in [7, 11) is 1.59. The van der Waals surface area contributed by atoms with E-state index in [2.05, 4.69) is 20.3 Å². The minimum atomic E-state index is -0.156. The minimum Gasteiger partial charge on any atom is -0.355 e. The van der Waals surface area contributed by atoms with Gasteiger partial charge in [0.15, 0.2) is 5.65 Å². The van der Waals surface area contributed by atoms with Crippen molar-refractivity contribution >= 4 is 17.1 Å². The summed E-state index contributed by atoms with van der Waals surface area (Å²) in [6.45, 7) is 5.84. The largest absolute Gasteiger partial charge is 0.355 e. The zero-order valence-electron chi connectivity index (χ0n) is 9.96. The first-order valence-corrected chi connectivity index (χ1v) is 5.25. The summed E-state index contributed by atoms with van der Waals surface area (Å²) in [6, 6.07) is 0. The van der Waals surface area contributed by atoms with E-state index in [0.717, 1.165) is 5.69 Å². The summed E-state index contributed by atoms with van der Waals surface area (Å²) in [6.07, 6.45) is 3.27. The second kappa shape index (κ2) is 5.25. The van der Waals surface area contributed by atoms with Crippen LogP contribution < -0.4 is 5.32 Å². The van der Waals surface area contributed by atoms with E-state index in [0.29, 0.717) is 16.7 Å². The van der Waals surface area contributed by atoms with Crippen molar-refractivity contribution in [2.45, 2.75) is 20.8 Å². The number of carbonyl (C=O) groups excluding carboxylic acids is 1. The minimum absolute atomic E-state index is 0.156. The average Bonchev–Trinajstić information content (AvgIpc) is 2.73. The zero-order chi connectivity index (χ0) is 12.1. The van der Waals surface area contributed by atoms with Crippen molar-refractivity contribution in [3.05, 3.63) is 23.7 Å². The smallest absolute Gasteiger partial charge is 0.254 e. The van der Waals surface area contributed by atoms with Gasteiger partial charge in [0.05, 0.1) is 17.5 Å². The molecule has 2 heterocycles. The summed E-state index contributed by atoms with van der Waals surface area (Å²) < 4.78 is 0. The average molecular weight is 220 g/mol. The fraction of sp³-hybridized carbons (Fsp3) is 0.364. The topological polar surface area (TPSA) is 70.7 Å². The molecule has 2 aromatic heterocycles. The molecule has 16 heavy (non-hydrogen) atoms. The van der Waals surface area contributed by atoms with E-state index in [9.17, 15) is 4.79 Å². The number of aryl methyl sites for hydroxylation is 1. The van der Waals surface area contributed by atoms with Crippen molar-refractivity contribution in [1.29, 1.82) is 0 Å². The molecule has 2 aromatic rings. The van der Waals surface area contributed by atoms with Gasteiger partial charge in [-0.3, -0.25) is 4.79 Å². The predicted molar refractivity (Wildman–Crippen MR) is 63.4 cm³/mol. The number of rotatable bonds is 1. The van der Waals surface area contributed by atoms with E-state index in [-0.39, 0.29) is 5.91 Å². The van der Waals surface area contributed by atoms with E-state index in [1.807, 2.05) is 20.8 Å². The standard InChI is InChI=1S/C9H10N4O.C2H6/c1-5-3-11-8-7(13-5)6(4-12-8)9(14)10-2;1-2/h3-4H,1-2H3,(H,10,14)(H,11,12);1-2H3. The van der Waals surface area contributed by atoms with Gasteiger partial charge in [-0.25, -0.2) is 9.97 Å². The van der Waals surface area contributed by atoms with Crippen LogP contribution >= 0.6 is 0 Å². The Balaban J connectivity index is 0.000000606. The van der Waals surface area contributed by atoms with Crippen molar-refractivity contribution in [2.24, 2.45) is 0 Å². The van der Waals surface area contributed by atoms with Crippen molar-refractivity contribution in [3.63, 3.8) is 0 Å². The Morgan fingerprint density at radius 3 is 2.75 bits per heavy atom. The number of hydrogen-bond donors (Lipinski definition) is 2. The van der Waals surface area contributed by atoms with E-state index in [1.54, 1.807) is 19.4 Å². The maximum Gasteiger partial charge on any atom is 0.254 e. The van der Waals surface area contributed by atoms with Crippen LogP contribution in [0, 0.1) is 6.92 Å². The summed E-state index contributed by atoms with van der Waals surface area (Å²) in [5, 5.41) is 2.55. The molecule has 0 aliphatic heterocycles. The number of aromatic nitrogens is 3. The maximum absolute atomic E-state index is 11.4. The van der Waals surface area contributed by atoms with Crippen molar-refractivity contribution in [3.8, 4) is 0 Å². The highest BCUT2D eigenvalue weighted by atomic mass is 16.1. The normalized spacial score (nSPS) is 9.50. The van der Waals surface area contributed by atoms with Gasteiger partial charge in [-0.05, 0) is 6.92 Å². The summed E-state index contributed by atoms with van der Waals surface area (Å²) in [5.74, 6) is -0.156. The van der Waals surface area contributed by atoms with Crippen LogP contribution in [0.5, 0.6) is 0 Å². The van der Waals surface area contributed by atoms with Gasteiger partial charge < -0.3 is 10.3 Å². The number of nitrogens with one attached hydrogen (secondary N) is 2. The third-order valence-corrected chi connectivity index (χ3v) is 1.97. The van der Waals surface area contributed by atoms with Crippen LogP contribution in [0.3, 0.4) is 0 Å². The first-order valence-electron chi connectivity index (χ1n) is 5.25. The molecule has 2 rings (SSSR count). The van der Waals surface area contributed by atoms with Crippen LogP contribution in [0.1, 0.15) is 29.9 Å². The summed E-state index contributed by atoms with van der Waals surface area (Å²) in [4.78, 5) is 22.7. The molecule has 0 aromatic carbocycles. The molecule has 86 valence electrons. The predicted octanol–water partition coefficient (Wildman–Crippen LogP) is 1.65. The van der Waals surface area contributed by atoms with Crippen molar-refractivity contribution in [2.75, 3.05) is 7.05 Å². The molecule has 0 saturated carbocycles. The molecule has 5 nitrogen and oxygen atoms in total. The Kier molecular flexibility index (Phi) is 3.99. The molecule has 0 aliphatic carbocycles. The number of hydrogen-bond acceptors (Lipinski definition) is 3. The van der Waals surface area contributed by atoms with Gasteiger partial charge in [-0.1, -0.05) is 13.8 Å². The lowest BCUT2D eigenvalue weighted by Gasteiger charge is -1.96. The molecule has 0 bridgehead atoms. The number of amides is 1. The SMILES string of the molecule is CC.CNC(=O)c1c[nH]c2ncc(C)nc12. The van der Waals surface area contributed by atoms with Gasteiger partial charge >= 0.3 is 0 Å². The summed E-state index contributed by atoms with van der Waals surface area (Å²) in [5.41, 5.74) is 2.57. The van der Waals surface area contributed by atoms with Gasteiger partial charge in [0.2, 0.25) is 0 Å². The molecule has 2 N–H and O–H groups in total. The second-order valence-electron chi connectivity index (χ2n) is 2.99. The monoisotopic (exact) mass is 220 g/mol. The van der Waals surface area contributed by atoms with E-state index in [1.165, 1.54) is 0 Å². The molecular formula is C11H16N4O. The highest BCUT2D eigenvalue weighted by Crippen LogP contribution is 2.13. The van der Waals surface area contributed by atoms with Gasteiger partial charge in [0, 0.05) is 13.2 Å². The number of carbonyl (C=O) groups is 1. The van der Waals surface area contributed by atoms with Gasteiger partial charge in [0.25, 0.3) is 5.91 Å². The molecule has 5 heteroatoms. The molecule has 0 radical (unpaired) electrons. The Morgan fingerprint density at radius 1 is 1.44 bits per heavy atom. The van der Waals surface area contributed by atoms with Gasteiger partial charge in [0.1, 0.15) is 5.52 Å². The second-order valence-corrected chi connectivity index (χ2v) is 2.99. The van der Waals surface area contributed by atoms with Crippen LogP contribution in [0.25, 0.3) is 11.2 Å². The quantitative estimate of drug-likeness (QED) is 0.767. The molecule has 0 spiro atoms. The van der Waals surface area contributed by atoms with Crippen LogP contribution in [-0.2, 0) is 0 Å². The summed E-state index contributed by atoms with van der Waals surface area (Å²) >= 11 is 0. The number of nitrogens with zero attached hydrogens (tertiary/aromatic N) is 2. The molecule has 0 unspecified atom stereocenters. The lowest BCUT2D eigenvalue weighted by molar-refractivity contribution is 0.0964. The molecule has 0 saturated heterocycles. The highest BCUT2D eigenvalue weighted by Gasteiger charge is 2.12. The first-order chi connectivity index (χ1) is 7.72. The van der Waals surface area contributed by atoms with Crippen molar-refractivity contribution < 1.29 is 4.79 Å². The first kappa shape index (κ1) is 12.2. The Morgan fingerprint density at radius 2 is 2.12 bits per heavy atom. The molecular weight excluding hydrogens is 204 g/mol. The zero-order valence-corrected chi connectivity index (χ0v) is 9.96. The molecule has 0 atom stereocenters. The molecule has 0 aliphatic rings. The van der Waals surface area contributed by atoms with Crippen LogP contribution in [-0.4, -0.2) is 27.9 Å². The molecule has 0 fully saturated rings. The Labute approximate surface area is 94.3 Å². The van der Waals surface area contributed by atoms with Crippen LogP contribution in [0.15, 0.2) is 12.4 Å².